The maximum Gasteiger partial charge on any atom is 0.0319 e. The third-order valence-electron chi connectivity index (χ3n) is 2.42. The van der Waals surface area contributed by atoms with E-state index in [0.717, 1.165) is 53.9 Å². The average Bonchev–Trinajstić information content (AvgIpc) is 2.63. The van der Waals surface area contributed by atoms with Crippen molar-refractivity contribution in [3.05, 3.63) is 48.9 Å². The first-order valence-corrected chi connectivity index (χ1v) is 7.13. The van der Waals surface area contributed by atoms with Gasteiger partial charge in [-0.2, -0.15) is 6.42 Å². The summed E-state index contributed by atoms with van der Waals surface area (Å²) in [5.74, 6) is 0. The van der Waals surface area contributed by atoms with Gasteiger partial charge >= 0.3 is 0 Å². The van der Waals surface area contributed by atoms with Crippen molar-refractivity contribution < 1.29 is 37.0 Å². The monoisotopic (exact) mass is 361 g/mol. The van der Waals surface area contributed by atoms with Gasteiger partial charge in [0.2, 0.25) is 0 Å². The summed E-state index contributed by atoms with van der Waals surface area (Å²) < 4.78 is 0. The van der Waals surface area contributed by atoms with Gasteiger partial charge in [-0.15, -0.1) is 0 Å². The van der Waals surface area contributed by atoms with Crippen molar-refractivity contribution in [1.82, 2.24) is 10.6 Å². The molecular formula is C17H33N2O3Ti-. The van der Waals surface area contributed by atoms with Crippen LogP contribution in [0.25, 0.3) is 6.08 Å². The van der Waals surface area contributed by atoms with E-state index >= 15 is 0 Å². The molecule has 5 nitrogen and oxygen atoms in total. The molecule has 0 atom stereocenters. The second kappa shape index (κ2) is 29.5. The number of nitrogens with one attached hydrogen (secondary N) is 2. The van der Waals surface area contributed by atoms with Crippen LogP contribution in [0.4, 0.5) is 0 Å². The average molecular weight is 361 g/mol. The zero-order valence-electron chi connectivity index (χ0n) is 14.7. The number of rotatable bonds is 8. The molecule has 0 aliphatic rings. The SMILES string of the molecule is C=Cc1ccccc1CNCCNCC[CH2-].CO.CO.CO.[Ti]. The number of aliphatic hydroxyl groups excluding tert-OH is 3. The van der Waals surface area contributed by atoms with Gasteiger partial charge in [0.05, 0.1) is 0 Å². The molecule has 0 aliphatic carbocycles. The molecule has 0 amide bonds. The predicted octanol–water partition coefficient (Wildman–Crippen LogP) is 1.06. The minimum atomic E-state index is 0. The van der Waals surface area contributed by atoms with Crippen molar-refractivity contribution in [2.75, 3.05) is 41.0 Å². The van der Waals surface area contributed by atoms with E-state index in [-0.39, 0.29) is 21.7 Å². The van der Waals surface area contributed by atoms with E-state index < -0.39 is 0 Å². The Morgan fingerprint density at radius 2 is 1.48 bits per heavy atom. The standard InChI is InChI=1S/C14H21N2.3CH4O.Ti/c1-3-9-15-10-11-16-12-14-8-6-5-7-13(14)4-2;3*1-2;/h4-8,15-16H,1-3,9-12H2;3*2H,1H3;/q-1;;;;. The molecule has 0 saturated heterocycles. The zero-order valence-corrected chi connectivity index (χ0v) is 16.2. The fourth-order valence-electron chi connectivity index (χ4n) is 1.54. The molecule has 6 heteroatoms. The molecule has 0 fully saturated rings. The molecule has 134 valence electrons. The Bertz CT molecular complexity index is 326. The molecule has 1 aromatic rings. The van der Waals surface area contributed by atoms with Crippen LogP contribution in [0.5, 0.6) is 0 Å². The molecule has 0 bridgehead atoms. The van der Waals surface area contributed by atoms with E-state index in [1.807, 2.05) is 12.1 Å². The van der Waals surface area contributed by atoms with E-state index in [4.69, 9.17) is 15.3 Å². The van der Waals surface area contributed by atoms with E-state index in [0.29, 0.717) is 0 Å². The van der Waals surface area contributed by atoms with Crippen molar-refractivity contribution >= 4 is 6.08 Å². The fraction of sp³-hybridized carbons (Fsp3) is 0.471. The molecule has 0 aliphatic heterocycles. The first kappa shape index (κ1) is 30.4. The molecular weight excluding hydrogens is 328 g/mol. The van der Waals surface area contributed by atoms with Crippen LogP contribution < -0.4 is 10.6 Å². The van der Waals surface area contributed by atoms with Crippen LogP contribution >= 0.6 is 0 Å². The smallest absolute Gasteiger partial charge is 0.0319 e. The van der Waals surface area contributed by atoms with Gasteiger partial charge in [0, 0.05) is 62.7 Å². The molecule has 5 N–H and O–H groups in total. The van der Waals surface area contributed by atoms with Crippen molar-refractivity contribution in [2.24, 2.45) is 0 Å². The van der Waals surface area contributed by atoms with Crippen molar-refractivity contribution in [3.8, 4) is 0 Å². The second-order valence-electron chi connectivity index (χ2n) is 3.68. The Hall–Kier alpha value is -0.526. The normalized spacial score (nSPS) is 7.96. The summed E-state index contributed by atoms with van der Waals surface area (Å²) in [6.07, 6.45) is 2.84. The third-order valence-corrected chi connectivity index (χ3v) is 2.42. The summed E-state index contributed by atoms with van der Waals surface area (Å²) in [5, 5.41) is 27.7. The quantitative estimate of drug-likeness (QED) is 0.272. The largest absolute Gasteiger partial charge is 0.400 e. The molecule has 0 aromatic heterocycles. The van der Waals surface area contributed by atoms with Gasteiger partial charge in [0.25, 0.3) is 0 Å². The van der Waals surface area contributed by atoms with Gasteiger partial charge in [0.1, 0.15) is 0 Å². The minimum absolute atomic E-state index is 0. The molecule has 23 heavy (non-hydrogen) atoms. The van der Waals surface area contributed by atoms with Gasteiger partial charge in [-0.3, -0.25) is 0 Å². The van der Waals surface area contributed by atoms with Gasteiger partial charge in [-0.25, -0.2) is 0 Å². The molecule has 0 spiro atoms. The predicted molar refractivity (Wildman–Crippen MR) is 95.5 cm³/mol. The van der Waals surface area contributed by atoms with Crippen molar-refractivity contribution in [2.45, 2.75) is 13.0 Å². The van der Waals surface area contributed by atoms with Crippen molar-refractivity contribution in [3.63, 3.8) is 0 Å². The van der Waals surface area contributed by atoms with E-state index in [1.54, 1.807) is 0 Å². The van der Waals surface area contributed by atoms with E-state index in [2.05, 4.69) is 42.3 Å². The summed E-state index contributed by atoms with van der Waals surface area (Å²) >= 11 is 0. The Labute approximate surface area is 156 Å². The van der Waals surface area contributed by atoms with E-state index in [1.165, 1.54) is 11.1 Å². The number of hydrogen-bond donors (Lipinski definition) is 5. The van der Waals surface area contributed by atoms with Gasteiger partial charge in [-0.05, 0) is 17.7 Å². The third kappa shape index (κ3) is 19.4. The zero-order chi connectivity index (χ0) is 17.6. The Morgan fingerprint density at radius 1 is 0.957 bits per heavy atom. The van der Waals surface area contributed by atoms with Crippen LogP contribution in [0.2, 0.25) is 0 Å². The van der Waals surface area contributed by atoms with Crippen LogP contribution in [0, 0.1) is 6.92 Å². The Morgan fingerprint density at radius 3 is 2.00 bits per heavy atom. The first-order valence-electron chi connectivity index (χ1n) is 7.13. The Balaban J connectivity index is -0.000000231. The summed E-state index contributed by atoms with van der Waals surface area (Å²) in [4.78, 5) is 0. The van der Waals surface area contributed by atoms with Crippen LogP contribution in [-0.4, -0.2) is 56.3 Å². The maximum absolute atomic E-state index is 7.00. The molecule has 1 aromatic carbocycles. The summed E-state index contributed by atoms with van der Waals surface area (Å²) in [7, 11) is 3.00. The van der Waals surface area contributed by atoms with Crippen LogP contribution in [-0.2, 0) is 28.3 Å². The van der Waals surface area contributed by atoms with Gasteiger partial charge in [-0.1, -0.05) is 36.9 Å². The van der Waals surface area contributed by atoms with E-state index in [9.17, 15) is 0 Å². The minimum Gasteiger partial charge on any atom is -0.400 e. The molecule has 0 unspecified atom stereocenters. The van der Waals surface area contributed by atoms with Crippen molar-refractivity contribution in [1.29, 1.82) is 0 Å². The molecule has 0 heterocycles. The summed E-state index contributed by atoms with van der Waals surface area (Å²) in [6.45, 7) is 11.5. The molecule has 0 radical (unpaired) electrons. The molecule has 0 saturated carbocycles. The molecule has 1 rings (SSSR count). The maximum atomic E-state index is 7.00. The van der Waals surface area contributed by atoms with Crippen LogP contribution in [0.15, 0.2) is 30.8 Å². The summed E-state index contributed by atoms with van der Waals surface area (Å²) in [5.41, 5.74) is 2.51. The van der Waals surface area contributed by atoms with Gasteiger partial charge in [0.15, 0.2) is 0 Å². The topological polar surface area (TPSA) is 84.8 Å². The number of benzene rings is 1. The van der Waals surface area contributed by atoms with Crippen LogP contribution in [0.1, 0.15) is 17.5 Å². The number of hydrogen-bond acceptors (Lipinski definition) is 5. The second-order valence-corrected chi connectivity index (χ2v) is 3.68. The van der Waals surface area contributed by atoms with Crippen LogP contribution in [0.3, 0.4) is 0 Å². The van der Waals surface area contributed by atoms with Gasteiger partial charge < -0.3 is 32.9 Å². The summed E-state index contributed by atoms with van der Waals surface area (Å²) in [6, 6.07) is 8.32. The Kier molecular flexibility index (Phi) is 38.9. The fourth-order valence-corrected chi connectivity index (χ4v) is 1.54. The first-order chi connectivity index (χ1) is 10.9. The number of aliphatic hydroxyl groups is 3.